The lowest BCUT2D eigenvalue weighted by Gasteiger charge is -2.14. The molecule has 0 saturated heterocycles. The number of aliphatic hydroxyl groups is 1. The minimum Gasteiger partial charge on any atom is -0.395 e. The van der Waals surface area contributed by atoms with Gasteiger partial charge in [0.25, 0.3) is 11.8 Å². The third-order valence-electron chi connectivity index (χ3n) is 3.17. The maximum Gasteiger partial charge on any atom is 0.277 e. The number of halogens is 1. The van der Waals surface area contributed by atoms with Crippen molar-refractivity contribution in [2.45, 2.75) is 0 Å². The highest BCUT2D eigenvalue weighted by atomic mass is 35.5. The minimum absolute atomic E-state index is 0.0578. The summed E-state index contributed by atoms with van der Waals surface area (Å²) in [5, 5.41) is 22.9. The molecule has 0 spiro atoms. The summed E-state index contributed by atoms with van der Waals surface area (Å²) in [5.74, 6) is -1.01. The van der Waals surface area contributed by atoms with Gasteiger partial charge >= 0.3 is 0 Å². The molecular weight excluding hydrogens is 324 g/mol. The van der Waals surface area contributed by atoms with Crippen LogP contribution in [0, 0.1) is 0 Å². The van der Waals surface area contributed by atoms with Crippen molar-refractivity contribution in [1.82, 2.24) is 25.1 Å². The average molecular weight is 335 g/mol. The number of imide groups is 1. The third kappa shape index (κ3) is 2.91. The lowest BCUT2D eigenvalue weighted by Crippen LogP contribution is -2.34. The van der Waals surface area contributed by atoms with E-state index in [1.807, 2.05) is 0 Å². The normalized spacial score (nSPS) is 14.3. The summed E-state index contributed by atoms with van der Waals surface area (Å²) in [5.41, 5.74) is 1.14. The van der Waals surface area contributed by atoms with Crippen LogP contribution in [0.5, 0.6) is 0 Å². The molecule has 3 rings (SSSR count). The Bertz CT molecular complexity index is 789. The second kappa shape index (κ2) is 6.15. The quantitative estimate of drug-likeness (QED) is 0.738. The van der Waals surface area contributed by atoms with E-state index >= 15 is 0 Å². The first-order valence-corrected chi connectivity index (χ1v) is 6.96. The SMILES string of the molecule is O=C1C=C(Nc2cc(-n3cnnn3)ccc2Cl)C(=O)N1CCO. The molecular formula is C13H11ClN6O3. The van der Waals surface area contributed by atoms with Crippen LogP contribution in [0.15, 0.2) is 36.3 Å². The number of benzene rings is 1. The molecule has 0 saturated carbocycles. The zero-order valence-corrected chi connectivity index (χ0v) is 12.4. The topological polar surface area (TPSA) is 113 Å². The summed E-state index contributed by atoms with van der Waals surface area (Å²) < 4.78 is 1.43. The van der Waals surface area contributed by atoms with Gasteiger partial charge in [-0.25, -0.2) is 4.68 Å². The second-order valence-corrected chi connectivity index (χ2v) is 5.03. The maximum absolute atomic E-state index is 12.1. The molecule has 1 aliphatic rings. The highest BCUT2D eigenvalue weighted by Gasteiger charge is 2.30. The maximum atomic E-state index is 12.1. The number of hydrogen-bond donors (Lipinski definition) is 2. The monoisotopic (exact) mass is 334 g/mol. The standard InChI is InChI=1S/C13H11ClN6O3/c14-9-2-1-8(20-7-15-17-18-20)5-10(9)16-11-6-12(22)19(3-4-21)13(11)23/h1-2,5-7,16,21H,3-4H2. The number of nitrogens with zero attached hydrogens (tertiary/aromatic N) is 5. The Labute approximate surface area is 135 Å². The van der Waals surface area contributed by atoms with E-state index in [1.165, 1.54) is 11.0 Å². The largest absolute Gasteiger partial charge is 0.395 e. The van der Waals surface area contributed by atoms with Crippen molar-refractivity contribution in [3.8, 4) is 5.69 Å². The molecule has 2 heterocycles. The van der Waals surface area contributed by atoms with Crippen molar-refractivity contribution in [3.05, 3.63) is 41.3 Å². The molecule has 10 heteroatoms. The van der Waals surface area contributed by atoms with Crippen molar-refractivity contribution in [2.24, 2.45) is 0 Å². The van der Waals surface area contributed by atoms with Crippen LogP contribution in [-0.2, 0) is 9.59 Å². The molecule has 0 aliphatic carbocycles. The van der Waals surface area contributed by atoms with Gasteiger partial charge in [-0.05, 0) is 28.6 Å². The first kappa shape index (κ1) is 15.1. The number of anilines is 1. The number of amides is 2. The number of hydrogen-bond acceptors (Lipinski definition) is 7. The Morgan fingerprint density at radius 1 is 1.30 bits per heavy atom. The highest BCUT2D eigenvalue weighted by Crippen LogP contribution is 2.27. The summed E-state index contributed by atoms with van der Waals surface area (Å²) in [4.78, 5) is 24.8. The summed E-state index contributed by atoms with van der Waals surface area (Å²) in [6, 6.07) is 4.97. The Kier molecular flexibility index (Phi) is 4.04. The van der Waals surface area contributed by atoms with Crippen LogP contribution in [-0.4, -0.2) is 55.2 Å². The van der Waals surface area contributed by atoms with Gasteiger partial charge in [-0.3, -0.25) is 14.5 Å². The summed E-state index contributed by atoms with van der Waals surface area (Å²) in [6.07, 6.45) is 2.58. The Hall–Kier alpha value is -2.78. The number of nitrogens with one attached hydrogen (secondary N) is 1. The van der Waals surface area contributed by atoms with Gasteiger partial charge in [0.2, 0.25) is 0 Å². The molecule has 2 N–H and O–H groups in total. The van der Waals surface area contributed by atoms with Gasteiger partial charge in [-0.1, -0.05) is 11.6 Å². The zero-order chi connectivity index (χ0) is 16.4. The van der Waals surface area contributed by atoms with Gasteiger partial charge in [-0.2, -0.15) is 0 Å². The van der Waals surface area contributed by atoms with E-state index in [0.717, 1.165) is 11.0 Å². The van der Waals surface area contributed by atoms with Crippen LogP contribution < -0.4 is 5.32 Å². The molecule has 0 radical (unpaired) electrons. The van der Waals surface area contributed by atoms with E-state index in [2.05, 4.69) is 20.8 Å². The number of aromatic nitrogens is 4. The Morgan fingerprint density at radius 2 is 2.13 bits per heavy atom. The zero-order valence-electron chi connectivity index (χ0n) is 11.7. The number of aliphatic hydroxyl groups excluding tert-OH is 1. The molecule has 23 heavy (non-hydrogen) atoms. The van der Waals surface area contributed by atoms with Crippen LogP contribution in [0.2, 0.25) is 5.02 Å². The number of tetrazole rings is 1. The van der Waals surface area contributed by atoms with E-state index < -0.39 is 11.8 Å². The van der Waals surface area contributed by atoms with Crippen LogP contribution in [0.25, 0.3) is 5.69 Å². The predicted molar refractivity (Wildman–Crippen MR) is 79.7 cm³/mol. The predicted octanol–water partition coefficient (Wildman–Crippen LogP) is -0.0274. The highest BCUT2D eigenvalue weighted by molar-refractivity contribution is 6.33. The van der Waals surface area contributed by atoms with Crippen molar-refractivity contribution in [1.29, 1.82) is 0 Å². The van der Waals surface area contributed by atoms with E-state index in [1.54, 1.807) is 18.2 Å². The molecule has 0 bridgehead atoms. The number of carbonyl (C=O) groups is 2. The molecule has 118 valence electrons. The molecule has 2 aromatic rings. The fraction of sp³-hybridized carbons (Fsp3) is 0.154. The van der Waals surface area contributed by atoms with Crippen molar-refractivity contribution in [2.75, 3.05) is 18.5 Å². The molecule has 1 aromatic heterocycles. The van der Waals surface area contributed by atoms with E-state index in [4.69, 9.17) is 16.7 Å². The fourth-order valence-corrected chi connectivity index (χ4v) is 2.25. The first-order chi connectivity index (χ1) is 11.1. The van der Waals surface area contributed by atoms with Crippen LogP contribution in [0.3, 0.4) is 0 Å². The Morgan fingerprint density at radius 3 is 2.83 bits per heavy atom. The minimum atomic E-state index is -0.520. The summed E-state index contributed by atoms with van der Waals surface area (Å²) in [6.45, 7) is -0.355. The second-order valence-electron chi connectivity index (χ2n) is 4.62. The molecule has 9 nitrogen and oxygen atoms in total. The molecule has 0 atom stereocenters. The number of β-amino-alcohol motifs (C(OH)–C–C–N with tert-alkyl or cyclic N) is 1. The van der Waals surface area contributed by atoms with Gasteiger partial charge < -0.3 is 10.4 Å². The van der Waals surface area contributed by atoms with Crippen LogP contribution in [0.1, 0.15) is 0 Å². The molecule has 2 amide bonds. The smallest absolute Gasteiger partial charge is 0.277 e. The van der Waals surface area contributed by atoms with Gasteiger partial charge in [0, 0.05) is 6.08 Å². The lowest BCUT2D eigenvalue weighted by atomic mass is 10.2. The lowest BCUT2D eigenvalue weighted by molar-refractivity contribution is -0.137. The van der Waals surface area contributed by atoms with Crippen LogP contribution >= 0.6 is 11.6 Å². The molecule has 0 fully saturated rings. The van der Waals surface area contributed by atoms with E-state index in [9.17, 15) is 9.59 Å². The molecule has 1 aromatic carbocycles. The van der Waals surface area contributed by atoms with E-state index in [0.29, 0.717) is 16.4 Å². The fourth-order valence-electron chi connectivity index (χ4n) is 2.09. The number of rotatable bonds is 5. The third-order valence-corrected chi connectivity index (χ3v) is 3.50. The first-order valence-electron chi connectivity index (χ1n) is 6.58. The van der Waals surface area contributed by atoms with Crippen molar-refractivity contribution in [3.63, 3.8) is 0 Å². The van der Waals surface area contributed by atoms with Gasteiger partial charge in [0.15, 0.2) is 0 Å². The van der Waals surface area contributed by atoms with E-state index in [-0.39, 0.29) is 18.8 Å². The van der Waals surface area contributed by atoms with Crippen LogP contribution in [0.4, 0.5) is 5.69 Å². The summed E-state index contributed by atoms with van der Waals surface area (Å²) >= 11 is 6.12. The molecule has 1 aliphatic heterocycles. The summed E-state index contributed by atoms with van der Waals surface area (Å²) in [7, 11) is 0. The van der Waals surface area contributed by atoms with Crippen molar-refractivity contribution >= 4 is 29.1 Å². The number of carbonyl (C=O) groups excluding carboxylic acids is 2. The van der Waals surface area contributed by atoms with Gasteiger partial charge in [0.05, 0.1) is 29.5 Å². The average Bonchev–Trinajstić information content (AvgIpc) is 3.15. The Balaban J connectivity index is 1.86. The van der Waals surface area contributed by atoms with Gasteiger partial charge in [0.1, 0.15) is 12.0 Å². The van der Waals surface area contributed by atoms with Gasteiger partial charge in [-0.15, -0.1) is 5.10 Å². The molecule has 0 unspecified atom stereocenters. The van der Waals surface area contributed by atoms with Crippen molar-refractivity contribution < 1.29 is 14.7 Å².